The summed E-state index contributed by atoms with van der Waals surface area (Å²) in [6.45, 7) is 4.57. The number of benzene rings is 2. The molecule has 2 aromatic carbocycles. The fourth-order valence-electron chi connectivity index (χ4n) is 4.19. The smallest absolute Gasteiger partial charge is 0.276 e. The van der Waals surface area contributed by atoms with Crippen LogP contribution in [0.5, 0.6) is 0 Å². The molecule has 0 bridgehead atoms. The second-order valence-corrected chi connectivity index (χ2v) is 9.39. The monoisotopic (exact) mass is 548 g/mol. The molecule has 1 saturated heterocycles. The van der Waals surface area contributed by atoms with E-state index in [2.05, 4.69) is 30.8 Å². The fourth-order valence-corrected chi connectivity index (χ4v) is 4.46. The lowest BCUT2D eigenvalue weighted by Gasteiger charge is -2.26. The number of amides is 1. The van der Waals surface area contributed by atoms with Gasteiger partial charge in [-0.3, -0.25) is 10.1 Å². The first-order valence-corrected chi connectivity index (χ1v) is 12.8. The van der Waals surface area contributed by atoms with Crippen LogP contribution in [0.2, 0.25) is 5.02 Å². The van der Waals surface area contributed by atoms with Gasteiger partial charge in [-0.25, -0.2) is 13.8 Å². The molecule has 1 unspecified atom stereocenters. The van der Waals surface area contributed by atoms with Gasteiger partial charge in [0.1, 0.15) is 11.6 Å². The molecule has 0 saturated carbocycles. The van der Waals surface area contributed by atoms with Crippen molar-refractivity contribution in [1.29, 1.82) is 0 Å². The Morgan fingerprint density at radius 3 is 2.76 bits per heavy atom. The molecule has 1 aliphatic heterocycles. The summed E-state index contributed by atoms with van der Waals surface area (Å²) in [4.78, 5) is 22.1. The van der Waals surface area contributed by atoms with Gasteiger partial charge in [0.25, 0.3) is 5.91 Å². The number of nitrogens with one attached hydrogen (secondary N) is 4. The first-order valence-electron chi connectivity index (χ1n) is 12.4. The van der Waals surface area contributed by atoms with Crippen molar-refractivity contribution in [1.82, 2.24) is 20.2 Å². The van der Waals surface area contributed by atoms with Crippen LogP contribution in [0.1, 0.15) is 47.2 Å². The molecule has 4 rings (SSSR count). The van der Waals surface area contributed by atoms with Crippen molar-refractivity contribution in [2.45, 2.75) is 32.1 Å². The Balaban J connectivity index is 1.25. The second kappa shape index (κ2) is 13.6. The molecule has 12 heteroatoms. The minimum Gasteiger partial charge on any atom is -0.369 e. The van der Waals surface area contributed by atoms with Gasteiger partial charge in [-0.05, 0) is 56.3 Å². The number of imidazole rings is 1. The van der Waals surface area contributed by atoms with Gasteiger partial charge in [0.15, 0.2) is 11.9 Å². The van der Waals surface area contributed by atoms with Crippen LogP contribution >= 0.6 is 11.6 Å². The van der Waals surface area contributed by atoms with Gasteiger partial charge in [-0.1, -0.05) is 24.1 Å². The molecule has 1 atom stereocenters. The van der Waals surface area contributed by atoms with E-state index in [1.807, 2.05) is 0 Å². The highest BCUT2D eigenvalue weighted by Gasteiger charge is 2.18. The Bertz CT molecular complexity index is 1220. The Hall–Kier alpha value is -3.09. The van der Waals surface area contributed by atoms with Gasteiger partial charge in [0.05, 0.1) is 36.1 Å². The zero-order valence-corrected chi connectivity index (χ0v) is 21.5. The van der Waals surface area contributed by atoms with Crippen molar-refractivity contribution >= 4 is 28.9 Å². The maximum atomic E-state index is 14.7. The average Bonchev–Trinajstić information content (AvgIpc) is 3.37. The zero-order chi connectivity index (χ0) is 26.9. The van der Waals surface area contributed by atoms with Gasteiger partial charge in [-0.2, -0.15) is 0 Å². The number of aromatic nitrogens is 2. The predicted octanol–water partition coefficient (Wildman–Crippen LogP) is 4.25. The predicted molar refractivity (Wildman–Crippen MR) is 141 cm³/mol. The maximum Gasteiger partial charge on any atom is 0.276 e. The molecule has 204 valence electrons. The highest BCUT2D eigenvalue weighted by molar-refractivity contribution is 6.31. The maximum absolute atomic E-state index is 14.7. The number of H-pyrrole nitrogens is 1. The van der Waals surface area contributed by atoms with Gasteiger partial charge in [0.2, 0.25) is 0 Å². The number of likely N-dealkylation sites (tertiary alicyclic amines) is 1. The fraction of sp³-hybridized carbons (Fsp3) is 0.385. The first kappa shape index (κ1) is 27.9. The lowest BCUT2D eigenvalue weighted by molar-refractivity contribution is 0.0938. The van der Waals surface area contributed by atoms with Crippen LogP contribution in [0, 0.1) is 11.6 Å². The molecule has 1 aromatic heterocycles. The molecule has 0 spiro atoms. The van der Waals surface area contributed by atoms with Crippen LogP contribution in [-0.4, -0.2) is 58.8 Å². The van der Waals surface area contributed by atoms with E-state index >= 15 is 0 Å². The molecule has 38 heavy (non-hydrogen) atoms. The van der Waals surface area contributed by atoms with Crippen molar-refractivity contribution in [2.75, 3.05) is 43.5 Å². The summed E-state index contributed by atoms with van der Waals surface area (Å²) < 4.78 is 33.6. The molecule has 2 heterocycles. The third kappa shape index (κ3) is 7.71. The summed E-state index contributed by atoms with van der Waals surface area (Å²) in [5.74, 6) is -1.80. The molecular weight excluding hydrogens is 518 g/mol. The van der Waals surface area contributed by atoms with Crippen LogP contribution in [0.4, 0.5) is 20.2 Å². The summed E-state index contributed by atoms with van der Waals surface area (Å²) in [6, 6.07) is 7.43. The standard InChI is InChI=1S/C26H31ClF2N6O3/c27-20-12-17(28)4-6-19(20)25(36)34-22-7-5-18(13-21(22)29)33-26(37)24-23(31-15-32-24)14-38-16-30-8-11-35-9-2-1-3-10-35/h4-7,12-13,15,25,30,34,36H,1-3,8-11,14,16H2,(H,31,32)(H,33,37). The highest BCUT2D eigenvalue weighted by atomic mass is 35.5. The van der Waals surface area contributed by atoms with Crippen LogP contribution < -0.4 is 16.0 Å². The summed E-state index contributed by atoms with van der Waals surface area (Å²) >= 11 is 5.95. The zero-order valence-electron chi connectivity index (χ0n) is 20.8. The van der Waals surface area contributed by atoms with Crippen LogP contribution in [0.15, 0.2) is 42.7 Å². The number of aliphatic hydroxyl groups excluding tert-OH is 1. The van der Waals surface area contributed by atoms with E-state index in [4.69, 9.17) is 16.3 Å². The van der Waals surface area contributed by atoms with E-state index < -0.39 is 23.8 Å². The number of rotatable bonds is 12. The summed E-state index contributed by atoms with van der Waals surface area (Å²) in [5, 5.41) is 18.8. The number of hydrogen-bond acceptors (Lipinski definition) is 7. The molecule has 1 fully saturated rings. The van der Waals surface area contributed by atoms with Crippen LogP contribution in [0.3, 0.4) is 0 Å². The number of hydrogen-bond donors (Lipinski definition) is 5. The molecule has 9 nitrogen and oxygen atoms in total. The van der Waals surface area contributed by atoms with Gasteiger partial charge in [-0.15, -0.1) is 0 Å². The number of carbonyl (C=O) groups excluding carboxylic acids is 1. The molecular formula is C26H31ClF2N6O3. The second-order valence-electron chi connectivity index (χ2n) is 8.99. The number of carbonyl (C=O) groups is 1. The van der Waals surface area contributed by atoms with Crippen molar-refractivity contribution < 1.29 is 23.4 Å². The van der Waals surface area contributed by atoms with E-state index in [1.165, 1.54) is 43.8 Å². The topological polar surface area (TPSA) is 115 Å². The van der Waals surface area contributed by atoms with E-state index in [9.17, 15) is 18.7 Å². The van der Waals surface area contributed by atoms with Crippen molar-refractivity contribution in [3.8, 4) is 0 Å². The number of halogens is 3. The first-order chi connectivity index (χ1) is 18.4. The molecule has 0 aliphatic carbocycles. The van der Waals surface area contributed by atoms with E-state index in [0.717, 1.165) is 44.4 Å². The summed E-state index contributed by atoms with van der Waals surface area (Å²) in [7, 11) is 0. The minimum atomic E-state index is -1.37. The normalized spacial score (nSPS) is 14.8. The number of aromatic amines is 1. The van der Waals surface area contributed by atoms with Crippen molar-refractivity contribution in [3.05, 3.63) is 76.3 Å². The third-order valence-corrected chi connectivity index (χ3v) is 6.54. The van der Waals surface area contributed by atoms with Gasteiger partial charge < -0.3 is 30.4 Å². The van der Waals surface area contributed by atoms with Crippen LogP contribution in [-0.2, 0) is 11.3 Å². The number of nitrogens with zero attached hydrogens (tertiary/aromatic N) is 2. The van der Waals surface area contributed by atoms with Crippen molar-refractivity contribution in [2.24, 2.45) is 0 Å². The number of aliphatic hydroxyl groups is 1. The summed E-state index contributed by atoms with van der Waals surface area (Å²) in [5.41, 5.74) is 0.996. The Morgan fingerprint density at radius 1 is 1.18 bits per heavy atom. The molecule has 1 aliphatic rings. The van der Waals surface area contributed by atoms with E-state index in [-0.39, 0.29) is 34.3 Å². The minimum absolute atomic E-state index is 0.00121. The van der Waals surface area contributed by atoms with Crippen LogP contribution in [0.25, 0.3) is 0 Å². The molecule has 5 N–H and O–H groups in total. The lowest BCUT2D eigenvalue weighted by Crippen LogP contribution is -2.36. The number of ether oxygens (including phenoxy) is 1. The Labute approximate surface area is 224 Å². The SMILES string of the molecule is O=C(Nc1ccc(NC(O)c2ccc(F)cc2Cl)c(F)c1)c1nc[nH]c1COCNCCN1CCCCC1. The lowest BCUT2D eigenvalue weighted by atomic mass is 10.1. The van der Waals surface area contributed by atoms with Gasteiger partial charge >= 0.3 is 0 Å². The highest BCUT2D eigenvalue weighted by Crippen LogP contribution is 2.27. The summed E-state index contributed by atoms with van der Waals surface area (Å²) in [6.07, 6.45) is 3.84. The van der Waals surface area contributed by atoms with E-state index in [1.54, 1.807) is 0 Å². The van der Waals surface area contributed by atoms with Crippen molar-refractivity contribution in [3.63, 3.8) is 0 Å². The number of piperidine rings is 1. The van der Waals surface area contributed by atoms with E-state index in [0.29, 0.717) is 12.4 Å². The molecule has 0 radical (unpaired) electrons. The Morgan fingerprint density at radius 2 is 2.00 bits per heavy atom. The third-order valence-electron chi connectivity index (χ3n) is 6.21. The molecule has 3 aromatic rings. The molecule has 1 amide bonds. The average molecular weight is 549 g/mol. The van der Waals surface area contributed by atoms with Gasteiger partial charge in [0, 0.05) is 24.3 Å². The largest absolute Gasteiger partial charge is 0.369 e. The quantitative estimate of drug-likeness (QED) is 0.170. The number of anilines is 2. The Kier molecular flexibility index (Phi) is 10.0.